The van der Waals surface area contributed by atoms with Gasteiger partial charge in [-0.1, -0.05) is 41.6 Å². The molecule has 0 fully saturated rings. The molecule has 0 aliphatic heterocycles. The van der Waals surface area contributed by atoms with E-state index in [1.165, 1.54) is 12.1 Å². The maximum atomic E-state index is 12.6. The minimum atomic E-state index is -4.38. The van der Waals surface area contributed by atoms with Crippen LogP contribution in [0.15, 0.2) is 53.1 Å². The van der Waals surface area contributed by atoms with Gasteiger partial charge in [0.15, 0.2) is 5.82 Å². The van der Waals surface area contributed by atoms with Gasteiger partial charge < -0.3 is 10.3 Å². The van der Waals surface area contributed by atoms with Gasteiger partial charge in [0.1, 0.15) is 5.92 Å². The van der Waals surface area contributed by atoms with Crippen LogP contribution in [0.25, 0.3) is 11.1 Å². The minimum absolute atomic E-state index is 0.0947. The quantitative estimate of drug-likeness (QED) is 0.768. The summed E-state index contributed by atoms with van der Waals surface area (Å²) in [5.74, 6) is -1.06. The molecule has 5 nitrogen and oxygen atoms in total. The van der Waals surface area contributed by atoms with Crippen LogP contribution in [0.3, 0.4) is 0 Å². The molecule has 26 heavy (non-hydrogen) atoms. The third-order valence-electron chi connectivity index (χ3n) is 3.86. The molecular weight excluding hydrogens is 347 g/mol. The Morgan fingerprint density at radius 3 is 2.00 bits per heavy atom. The van der Waals surface area contributed by atoms with E-state index >= 15 is 0 Å². The maximum Gasteiger partial charge on any atom is 0.416 e. The molecule has 2 aromatic carbocycles. The topological polar surface area (TPSA) is 82.0 Å². The summed E-state index contributed by atoms with van der Waals surface area (Å²) in [5, 5.41) is 3.65. The first-order valence-electron chi connectivity index (χ1n) is 7.63. The van der Waals surface area contributed by atoms with Crippen molar-refractivity contribution < 1.29 is 22.5 Å². The van der Waals surface area contributed by atoms with Crippen molar-refractivity contribution in [3.63, 3.8) is 0 Å². The van der Waals surface area contributed by atoms with Crippen molar-refractivity contribution in [2.24, 2.45) is 5.73 Å². The Morgan fingerprint density at radius 2 is 1.58 bits per heavy atom. The lowest BCUT2D eigenvalue weighted by Crippen LogP contribution is -2.22. The Kier molecular flexibility index (Phi) is 4.50. The van der Waals surface area contributed by atoms with Gasteiger partial charge in [-0.05, 0) is 35.7 Å². The molecule has 0 aliphatic rings. The molecule has 0 spiro atoms. The molecular formula is C18H14F3N3O2. The Hall–Kier alpha value is -3.16. The lowest BCUT2D eigenvalue weighted by atomic mass is 9.95. The number of rotatable bonds is 4. The summed E-state index contributed by atoms with van der Waals surface area (Å²) in [5.41, 5.74) is 6.61. The highest BCUT2D eigenvalue weighted by atomic mass is 19.4. The fraction of sp³-hybridized carbons (Fsp3) is 0.167. The van der Waals surface area contributed by atoms with Crippen LogP contribution in [0, 0.1) is 6.92 Å². The van der Waals surface area contributed by atoms with Gasteiger partial charge >= 0.3 is 6.18 Å². The normalized spacial score (nSPS) is 12.8. The number of hydrogen-bond donors (Lipinski definition) is 1. The first-order chi connectivity index (χ1) is 12.3. The van der Waals surface area contributed by atoms with E-state index in [0.29, 0.717) is 22.5 Å². The van der Waals surface area contributed by atoms with Crippen LogP contribution in [-0.2, 0) is 11.0 Å². The molecule has 2 N–H and O–H groups in total. The van der Waals surface area contributed by atoms with Crippen molar-refractivity contribution in [1.82, 2.24) is 10.1 Å². The van der Waals surface area contributed by atoms with Crippen molar-refractivity contribution >= 4 is 5.91 Å². The molecule has 0 saturated carbocycles. The maximum absolute atomic E-state index is 12.6. The predicted octanol–water partition coefficient (Wildman–Crippen LogP) is 3.68. The van der Waals surface area contributed by atoms with E-state index in [-0.39, 0.29) is 5.89 Å². The summed E-state index contributed by atoms with van der Waals surface area (Å²) in [4.78, 5) is 15.8. The van der Waals surface area contributed by atoms with E-state index < -0.39 is 23.6 Å². The first kappa shape index (κ1) is 17.7. The molecule has 1 aromatic heterocycles. The van der Waals surface area contributed by atoms with Crippen molar-refractivity contribution in [2.45, 2.75) is 19.0 Å². The molecule has 1 atom stereocenters. The van der Waals surface area contributed by atoms with Crippen molar-refractivity contribution in [1.29, 1.82) is 0 Å². The molecule has 3 aromatic rings. The highest BCUT2D eigenvalue weighted by molar-refractivity contribution is 5.84. The number of amides is 1. The Labute approximate surface area is 146 Å². The highest BCUT2D eigenvalue weighted by Gasteiger charge is 2.30. The summed E-state index contributed by atoms with van der Waals surface area (Å²) >= 11 is 0. The third kappa shape index (κ3) is 3.58. The van der Waals surface area contributed by atoms with Gasteiger partial charge in [0.05, 0.1) is 5.56 Å². The largest absolute Gasteiger partial charge is 0.416 e. The van der Waals surface area contributed by atoms with Crippen molar-refractivity contribution in [3.05, 3.63) is 71.4 Å². The van der Waals surface area contributed by atoms with E-state index in [1.807, 2.05) is 0 Å². The zero-order chi connectivity index (χ0) is 18.9. The van der Waals surface area contributed by atoms with E-state index in [1.54, 1.807) is 31.2 Å². The van der Waals surface area contributed by atoms with E-state index in [4.69, 9.17) is 10.3 Å². The highest BCUT2D eigenvalue weighted by Crippen LogP contribution is 2.31. The Balaban J connectivity index is 1.89. The van der Waals surface area contributed by atoms with Crippen LogP contribution in [-0.4, -0.2) is 16.0 Å². The number of primary amides is 1. The fourth-order valence-electron chi connectivity index (χ4n) is 2.58. The van der Waals surface area contributed by atoms with Crippen LogP contribution in [0.5, 0.6) is 0 Å². The third-order valence-corrected chi connectivity index (χ3v) is 3.86. The van der Waals surface area contributed by atoms with Crippen LogP contribution >= 0.6 is 0 Å². The van der Waals surface area contributed by atoms with Crippen LogP contribution < -0.4 is 5.73 Å². The lowest BCUT2D eigenvalue weighted by Gasteiger charge is -2.11. The van der Waals surface area contributed by atoms with Crippen molar-refractivity contribution in [3.8, 4) is 11.1 Å². The summed E-state index contributed by atoms with van der Waals surface area (Å²) in [6.07, 6.45) is -4.38. The number of aromatic nitrogens is 2. The summed E-state index contributed by atoms with van der Waals surface area (Å²) in [6.45, 7) is 1.62. The van der Waals surface area contributed by atoms with E-state index in [9.17, 15) is 18.0 Å². The minimum Gasteiger partial charge on any atom is -0.369 e. The molecule has 0 aliphatic carbocycles. The van der Waals surface area contributed by atoms with Gasteiger partial charge in [-0.25, -0.2) is 0 Å². The summed E-state index contributed by atoms with van der Waals surface area (Å²) in [7, 11) is 0. The number of halogens is 3. The zero-order valence-electron chi connectivity index (χ0n) is 13.6. The average molecular weight is 361 g/mol. The summed E-state index contributed by atoms with van der Waals surface area (Å²) in [6, 6.07) is 11.5. The molecule has 134 valence electrons. The molecule has 1 heterocycles. The zero-order valence-corrected chi connectivity index (χ0v) is 13.6. The average Bonchev–Trinajstić information content (AvgIpc) is 3.00. The number of benzene rings is 2. The second-order valence-corrected chi connectivity index (χ2v) is 5.71. The number of carbonyl (C=O) groups excluding carboxylic acids is 1. The number of carbonyl (C=O) groups is 1. The molecule has 1 unspecified atom stereocenters. The number of hydrogen-bond acceptors (Lipinski definition) is 4. The van der Waals surface area contributed by atoms with Crippen LogP contribution in [0.4, 0.5) is 13.2 Å². The van der Waals surface area contributed by atoms with Gasteiger partial charge in [0.25, 0.3) is 0 Å². The number of aryl methyl sites for hydroxylation is 1. The van der Waals surface area contributed by atoms with E-state index in [2.05, 4.69) is 10.1 Å². The van der Waals surface area contributed by atoms with Crippen LogP contribution in [0.2, 0.25) is 0 Å². The Morgan fingerprint density at radius 1 is 1.04 bits per heavy atom. The Bertz CT molecular complexity index is 916. The second-order valence-electron chi connectivity index (χ2n) is 5.71. The second kappa shape index (κ2) is 6.62. The standard InChI is InChI=1S/C18H14F3N3O2/c1-10-23-17(26-24-10)15(16(22)25)13-4-2-11(3-5-13)12-6-8-14(9-7-12)18(19,20)21/h2-9,15H,1H3,(H2,22,25). The van der Waals surface area contributed by atoms with Gasteiger partial charge in [-0.15, -0.1) is 0 Å². The molecule has 1 amide bonds. The van der Waals surface area contributed by atoms with Gasteiger partial charge in [0.2, 0.25) is 11.8 Å². The molecule has 8 heteroatoms. The number of nitrogens with zero attached hydrogens (tertiary/aromatic N) is 2. The summed E-state index contributed by atoms with van der Waals surface area (Å²) < 4.78 is 42.9. The van der Waals surface area contributed by atoms with Gasteiger partial charge in [-0.2, -0.15) is 18.2 Å². The molecule has 0 radical (unpaired) electrons. The van der Waals surface area contributed by atoms with Gasteiger partial charge in [0, 0.05) is 0 Å². The molecule has 3 rings (SSSR count). The molecule has 0 bridgehead atoms. The predicted molar refractivity (Wildman–Crippen MR) is 87.0 cm³/mol. The van der Waals surface area contributed by atoms with Crippen LogP contribution in [0.1, 0.15) is 28.8 Å². The monoisotopic (exact) mass is 361 g/mol. The number of nitrogens with two attached hydrogens (primary N) is 1. The van der Waals surface area contributed by atoms with Crippen molar-refractivity contribution in [2.75, 3.05) is 0 Å². The smallest absolute Gasteiger partial charge is 0.369 e. The number of alkyl halides is 3. The fourth-order valence-corrected chi connectivity index (χ4v) is 2.58. The molecule has 0 saturated heterocycles. The first-order valence-corrected chi connectivity index (χ1v) is 7.63. The van der Waals surface area contributed by atoms with Gasteiger partial charge in [-0.3, -0.25) is 4.79 Å². The van der Waals surface area contributed by atoms with E-state index in [0.717, 1.165) is 12.1 Å². The SMILES string of the molecule is Cc1noc(C(C(N)=O)c2ccc(-c3ccc(C(F)(F)F)cc3)cc2)n1. The lowest BCUT2D eigenvalue weighted by molar-refractivity contribution is -0.137.